The largest absolute Gasteiger partial charge is 0.396 e. The third-order valence-corrected chi connectivity index (χ3v) is 14.1. The highest BCUT2D eigenvalue weighted by Gasteiger charge is 2.25. The van der Waals surface area contributed by atoms with E-state index in [-0.39, 0.29) is 107 Å². The second-order valence-electron chi connectivity index (χ2n) is 21.2. The van der Waals surface area contributed by atoms with Crippen molar-refractivity contribution in [3.8, 4) is 0 Å². The van der Waals surface area contributed by atoms with Crippen LogP contribution in [0.1, 0.15) is 103 Å². The molecular weight excluding hydrogens is 1200 g/mol. The van der Waals surface area contributed by atoms with Crippen molar-refractivity contribution in [2.24, 2.45) is 67.3 Å². The minimum atomic E-state index is -1.12. The standard InChI is InChI=1S/C59H65FN22O10/c1-75-17-16-62-48(75)57(89)74-47-32-82(8)50(72-47)59(91)70-39-23-44(79(5)30-39)55(87)67-36-21-42(77(3)27-36)53(85)64-15-13-40(61)51(83)73-46-31-81(7)49(71-46)58(90)69-38-24-45(80(6)29-38)56(88)68-37-22-43(78(4)28-37)54(86)66-35-20-41(76(2)26-35)52(84)63-14-10-18-92-65-25-33-11-9-12-34(60)19-33/h9,11-12,16-17,19-32,40H,10,13-15,18,61H2,1-8H3,(H,63,84)(H,64,85)(H,66,86)(H,67,87)(H,68,88)(H,69,90)(H,70,91)(H,73,83)(H,74,89)/b65-25-/t40-/m1/s1. The molecule has 32 nitrogen and oxygen atoms in total. The van der Waals surface area contributed by atoms with Crippen LogP contribution in [-0.4, -0.2) is 137 Å². The van der Waals surface area contributed by atoms with Crippen LogP contribution in [-0.2, 0) is 66.0 Å². The van der Waals surface area contributed by atoms with Crippen LogP contribution < -0.4 is 53.6 Å². The van der Waals surface area contributed by atoms with E-state index in [1.165, 1.54) is 125 Å². The predicted octanol–water partition coefficient (Wildman–Crippen LogP) is 3.49. The third-order valence-electron chi connectivity index (χ3n) is 14.1. The lowest BCUT2D eigenvalue weighted by Crippen LogP contribution is -2.39. The molecule has 8 heterocycles. The molecule has 1 atom stereocenters. The molecule has 8 aromatic heterocycles. The van der Waals surface area contributed by atoms with E-state index in [0.717, 1.165) is 0 Å². The van der Waals surface area contributed by atoms with Crippen molar-refractivity contribution in [1.29, 1.82) is 0 Å². The van der Waals surface area contributed by atoms with Gasteiger partial charge >= 0.3 is 0 Å². The first-order chi connectivity index (χ1) is 43.9. The number of anilines is 7. The Morgan fingerprint density at radius 3 is 1.35 bits per heavy atom. The number of halogens is 1. The van der Waals surface area contributed by atoms with Gasteiger partial charge in [-0.05, 0) is 54.4 Å². The molecule has 0 bridgehead atoms. The molecule has 11 N–H and O–H groups in total. The minimum Gasteiger partial charge on any atom is -0.396 e. The molecule has 9 aromatic rings. The van der Waals surface area contributed by atoms with Crippen LogP contribution in [0.3, 0.4) is 0 Å². The van der Waals surface area contributed by atoms with Crippen molar-refractivity contribution in [2.45, 2.75) is 18.9 Å². The van der Waals surface area contributed by atoms with E-state index in [1.807, 2.05) is 0 Å². The molecule has 92 heavy (non-hydrogen) atoms. The molecule has 0 unspecified atom stereocenters. The van der Waals surface area contributed by atoms with Crippen molar-refractivity contribution >= 4 is 99.5 Å². The average molecular weight is 1260 g/mol. The molecule has 0 aliphatic heterocycles. The summed E-state index contributed by atoms with van der Waals surface area (Å²) in [5.41, 5.74) is 9.18. The second kappa shape index (κ2) is 27.9. The van der Waals surface area contributed by atoms with Gasteiger partial charge in [0.15, 0.2) is 17.5 Å². The first kappa shape index (κ1) is 64.3. The number of nitrogens with two attached hydrogens (primary N) is 1. The van der Waals surface area contributed by atoms with Crippen LogP contribution in [0.2, 0.25) is 0 Å². The maximum absolute atomic E-state index is 13.5. The van der Waals surface area contributed by atoms with Gasteiger partial charge in [-0.1, -0.05) is 17.3 Å². The number of hydrogen-bond acceptors (Lipinski definition) is 15. The summed E-state index contributed by atoms with van der Waals surface area (Å²) in [5, 5.41) is 28.2. The molecule has 9 rings (SSSR count). The molecule has 0 saturated heterocycles. The van der Waals surface area contributed by atoms with Crippen LogP contribution in [0.5, 0.6) is 0 Å². The van der Waals surface area contributed by atoms with E-state index < -0.39 is 53.3 Å². The van der Waals surface area contributed by atoms with Gasteiger partial charge in [0, 0.05) is 132 Å². The first-order valence-electron chi connectivity index (χ1n) is 28.2. The Morgan fingerprint density at radius 2 is 0.913 bits per heavy atom. The lowest BCUT2D eigenvalue weighted by molar-refractivity contribution is -0.117. The summed E-state index contributed by atoms with van der Waals surface area (Å²) in [6, 6.07) is 12.1. The lowest BCUT2D eigenvalue weighted by atomic mass is 10.2. The number of carbonyl (C=O) groups excluding carboxylic acids is 9. The van der Waals surface area contributed by atoms with E-state index in [2.05, 4.69) is 68.0 Å². The molecule has 0 radical (unpaired) electrons. The topological polar surface area (TPSA) is 388 Å². The van der Waals surface area contributed by atoms with Crippen LogP contribution in [0.4, 0.5) is 44.5 Å². The zero-order valence-electron chi connectivity index (χ0n) is 51.0. The Labute approximate surface area is 523 Å². The molecule has 0 aliphatic rings. The van der Waals surface area contributed by atoms with Crippen molar-refractivity contribution in [1.82, 2.24) is 62.1 Å². The summed E-state index contributed by atoms with van der Waals surface area (Å²) < 4.78 is 25.3. The second-order valence-corrected chi connectivity index (χ2v) is 21.2. The highest BCUT2D eigenvalue weighted by Crippen LogP contribution is 2.23. The van der Waals surface area contributed by atoms with E-state index in [0.29, 0.717) is 29.0 Å². The van der Waals surface area contributed by atoms with Crippen molar-refractivity contribution < 1.29 is 52.4 Å². The van der Waals surface area contributed by atoms with Crippen LogP contribution >= 0.6 is 0 Å². The fraction of sp³-hybridized carbons (Fsp3) is 0.237. The highest BCUT2D eigenvalue weighted by atomic mass is 19.1. The zero-order chi connectivity index (χ0) is 66.1. The van der Waals surface area contributed by atoms with E-state index in [1.54, 1.807) is 84.6 Å². The third kappa shape index (κ3) is 15.6. The van der Waals surface area contributed by atoms with E-state index in [9.17, 15) is 47.5 Å². The summed E-state index contributed by atoms with van der Waals surface area (Å²) in [6.07, 6.45) is 15.5. The van der Waals surface area contributed by atoms with Gasteiger partial charge in [-0.15, -0.1) is 0 Å². The zero-order valence-corrected chi connectivity index (χ0v) is 51.0. The number of amides is 9. The maximum Gasteiger partial charge on any atom is 0.292 e. The fourth-order valence-corrected chi connectivity index (χ4v) is 9.43. The molecule has 33 heteroatoms. The number of imidazole rings is 3. The number of nitrogens with zero attached hydrogens (tertiary/aromatic N) is 12. The van der Waals surface area contributed by atoms with Crippen LogP contribution in [0.25, 0.3) is 0 Å². The van der Waals surface area contributed by atoms with Crippen LogP contribution in [0.15, 0.2) is 116 Å². The van der Waals surface area contributed by atoms with Gasteiger partial charge in [0.2, 0.25) is 17.6 Å². The number of oxime groups is 1. The molecule has 0 spiro atoms. The Morgan fingerprint density at radius 1 is 0.500 bits per heavy atom. The number of aryl methyl sites for hydroxylation is 8. The monoisotopic (exact) mass is 1260 g/mol. The van der Waals surface area contributed by atoms with Gasteiger partial charge in [0.25, 0.3) is 47.3 Å². The summed E-state index contributed by atoms with van der Waals surface area (Å²) in [6.45, 7) is 0.465. The van der Waals surface area contributed by atoms with E-state index in [4.69, 9.17) is 10.6 Å². The Hall–Kier alpha value is -12.2. The number of rotatable bonds is 25. The summed E-state index contributed by atoms with van der Waals surface area (Å²) >= 11 is 0. The number of carbonyl (C=O) groups is 9. The van der Waals surface area contributed by atoms with E-state index >= 15 is 0 Å². The Balaban J connectivity index is 0.691. The molecule has 9 amide bonds. The van der Waals surface area contributed by atoms with Crippen molar-refractivity contribution in [3.05, 3.63) is 168 Å². The van der Waals surface area contributed by atoms with Crippen molar-refractivity contribution in [3.63, 3.8) is 0 Å². The van der Waals surface area contributed by atoms with Gasteiger partial charge in [-0.2, -0.15) is 0 Å². The molecule has 0 saturated carbocycles. The van der Waals surface area contributed by atoms with Gasteiger partial charge in [-0.3, -0.25) is 43.2 Å². The quantitative estimate of drug-likeness (QED) is 0.0223. The minimum absolute atomic E-state index is 0.00498. The maximum atomic E-state index is 13.5. The van der Waals surface area contributed by atoms with Gasteiger partial charge < -0.3 is 95.0 Å². The number of nitrogens with one attached hydrogen (secondary N) is 9. The normalized spacial score (nSPS) is 11.5. The Kier molecular flexibility index (Phi) is 19.5. The summed E-state index contributed by atoms with van der Waals surface area (Å²) in [5.74, 6) is -5.15. The number of aromatic nitrogens is 11. The predicted molar refractivity (Wildman–Crippen MR) is 335 cm³/mol. The molecule has 478 valence electrons. The van der Waals surface area contributed by atoms with Gasteiger partial charge in [-0.25, -0.2) is 19.3 Å². The summed E-state index contributed by atoms with van der Waals surface area (Å²) in [4.78, 5) is 137. The molecule has 0 fully saturated rings. The van der Waals surface area contributed by atoms with Crippen LogP contribution in [0, 0.1) is 5.82 Å². The SMILES string of the molecule is Cn1cc(NC(=O)c2cc(NC(=O)c3cc(NC(=O)c4nc(NC(=O)[C@H](N)CCNC(=O)c5cc(NC(=O)c6cc(NC(=O)c7nc(NC(=O)c8nccn8C)cn7C)cn6C)cn5C)cn4C)cn3C)cn2C)cc1C(=O)NCCCO/N=C\c1cccc(F)c1. The molecule has 0 aliphatic carbocycles. The number of benzene rings is 1. The average Bonchev–Trinajstić information content (AvgIpc) is 1.83. The van der Waals surface area contributed by atoms with Crippen molar-refractivity contribution in [2.75, 3.05) is 56.9 Å². The lowest BCUT2D eigenvalue weighted by Gasteiger charge is -2.11. The highest BCUT2D eigenvalue weighted by molar-refractivity contribution is 6.10. The van der Waals surface area contributed by atoms with Gasteiger partial charge in [0.1, 0.15) is 40.9 Å². The fourth-order valence-electron chi connectivity index (χ4n) is 9.43. The number of hydrogen-bond donors (Lipinski definition) is 10. The summed E-state index contributed by atoms with van der Waals surface area (Å²) in [7, 11) is 12.9. The smallest absolute Gasteiger partial charge is 0.292 e. The Bertz CT molecular complexity index is 4360. The van der Waals surface area contributed by atoms with Gasteiger partial charge in [0.05, 0.1) is 40.7 Å². The first-order valence-corrected chi connectivity index (χ1v) is 28.2. The molecular formula is C59H65FN22O10. The molecule has 1 aromatic carbocycles.